The number of methoxy groups -OCH3 is 3. The molecule has 0 radical (unpaired) electrons. The van der Waals surface area contributed by atoms with Crippen LogP contribution in [0.5, 0.6) is 17.2 Å². The van der Waals surface area contributed by atoms with Gasteiger partial charge in [-0.15, -0.1) is 0 Å². The summed E-state index contributed by atoms with van der Waals surface area (Å²) in [6, 6.07) is 5.36. The molecule has 0 aliphatic carbocycles. The number of aromatic amines is 2. The number of H-pyrrole nitrogens is 2. The first-order chi connectivity index (χ1) is 15.5. The molecule has 4 rings (SSSR count). The molecule has 1 aliphatic rings. The molecule has 0 bridgehead atoms. The van der Waals surface area contributed by atoms with Gasteiger partial charge in [0.15, 0.2) is 11.5 Å². The summed E-state index contributed by atoms with van der Waals surface area (Å²) >= 11 is 0. The Morgan fingerprint density at radius 3 is 2.09 bits per heavy atom. The molecular formula is C22H28N6O4. The molecule has 1 aliphatic heterocycles. The number of ether oxygens (including phenoxy) is 3. The van der Waals surface area contributed by atoms with Gasteiger partial charge in [-0.1, -0.05) is 0 Å². The van der Waals surface area contributed by atoms with Crippen LogP contribution in [0.1, 0.15) is 21.9 Å². The molecule has 10 heteroatoms. The number of carbonyl (C=O) groups is 1. The number of benzene rings is 1. The molecule has 0 atom stereocenters. The summed E-state index contributed by atoms with van der Waals surface area (Å²) < 4.78 is 16.2. The molecule has 32 heavy (non-hydrogen) atoms. The van der Waals surface area contributed by atoms with Gasteiger partial charge in [-0.05, 0) is 32.0 Å². The van der Waals surface area contributed by atoms with E-state index in [0.29, 0.717) is 41.7 Å². The Kier molecular flexibility index (Phi) is 5.93. The number of amides is 1. The molecule has 170 valence electrons. The van der Waals surface area contributed by atoms with Crippen molar-refractivity contribution in [2.24, 2.45) is 0 Å². The SMILES string of the molecule is COc1cc(-c2cc(C(=O)N3CCN(c4c(C)n[nH]c4C)CC3)[nH]n2)cc(OC)c1OC. The monoisotopic (exact) mass is 440 g/mol. The second-order valence-corrected chi connectivity index (χ2v) is 7.64. The highest BCUT2D eigenvalue weighted by atomic mass is 16.5. The lowest BCUT2D eigenvalue weighted by Gasteiger charge is -2.35. The Bertz CT molecular complexity index is 1070. The molecule has 2 aromatic heterocycles. The van der Waals surface area contributed by atoms with Crippen molar-refractivity contribution in [1.29, 1.82) is 0 Å². The van der Waals surface area contributed by atoms with Crippen LogP contribution in [0.15, 0.2) is 18.2 Å². The van der Waals surface area contributed by atoms with E-state index in [1.165, 1.54) is 0 Å². The van der Waals surface area contributed by atoms with Crippen molar-refractivity contribution in [3.8, 4) is 28.5 Å². The van der Waals surface area contributed by atoms with Crippen LogP contribution in [0, 0.1) is 13.8 Å². The first-order valence-electron chi connectivity index (χ1n) is 10.4. The molecule has 1 saturated heterocycles. The number of carbonyl (C=O) groups excluding carboxylic acids is 1. The van der Waals surface area contributed by atoms with Crippen LogP contribution in [-0.4, -0.2) is 78.7 Å². The normalized spacial score (nSPS) is 13.9. The molecule has 0 unspecified atom stereocenters. The maximum atomic E-state index is 13.1. The van der Waals surface area contributed by atoms with Crippen molar-refractivity contribution in [2.75, 3.05) is 52.4 Å². The summed E-state index contributed by atoms with van der Waals surface area (Å²) in [6.45, 7) is 6.76. The number of piperazine rings is 1. The van der Waals surface area contributed by atoms with E-state index in [4.69, 9.17) is 14.2 Å². The smallest absolute Gasteiger partial charge is 0.272 e. The van der Waals surface area contributed by atoms with Crippen molar-refractivity contribution in [3.05, 3.63) is 35.3 Å². The highest BCUT2D eigenvalue weighted by molar-refractivity contribution is 5.93. The third kappa shape index (κ3) is 3.83. The Morgan fingerprint density at radius 2 is 1.56 bits per heavy atom. The molecule has 1 fully saturated rings. The fraction of sp³-hybridized carbons (Fsp3) is 0.409. The molecule has 2 N–H and O–H groups in total. The standard InChI is InChI=1S/C22H28N6O4/c1-13-20(14(2)24-23-13)27-6-8-28(9-7-27)22(29)17-12-16(25-26-17)15-10-18(30-3)21(32-5)19(11-15)31-4/h10-12H,6-9H2,1-5H3,(H,23,24)(H,25,26). The van der Waals surface area contributed by atoms with E-state index in [1.807, 2.05) is 18.7 Å². The molecule has 1 aromatic carbocycles. The third-order valence-electron chi connectivity index (χ3n) is 5.74. The number of nitrogens with one attached hydrogen (secondary N) is 2. The third-order valence-corrected chi connectivity index (χ3v) is 5.74. The van der Waals surface area contributed by atoms with Crippen LogP contribution >= 0.6 is 0 Å². The lowest BCUT2D eigenvalue weighted by Crippen LogP contribution is -2.49. The zero-order valence-corrected chi connectivity index (χ0v) is 19.0. The first-order valence-corrected chi connectivity index (χ1v) is 10.4. The van der Waals surface area contributed by atoms with Crippen molar-refractivity contribution < 1.29 is 19.0 Å². The molecule has 10 nitrogen and oxygen atoms in total. The lowest BCUT2D eigenvalue weighted by atomic mass is 10.1. The van der Waals surface area contributed by atoms with E-state index in [0.717, 1.165) is 35.7 Å². The zero-order valence-electron chi connectivity index (χ0n) is 19.0. The first kappa shape index (κ1) is 21.5. The van der Waals surface area contributed by atoms with Gasteiger partial charge in [0.25, 0.3) is 5.91 Å². The summed E-state index contributed by atoms with van der Waals surface area (Å²) in [5.41, 5.74) is 4.97. The summed E-state index contributed by atoms with van der Waals surface area (Å²) in [5, 5.41) is 14.5. The van der Waals surface area contributed by atoms with Gasteiger partial charge in [-0.2, -0.15) is 10.2 Å². The maximum Gasteiger partial charge on any atom is 0.272 e. The lowest BCUT2D eigenvalue weighted by molar-refractivity contribution is 0.0741. The Balaban J connectivity index is 1.49. The Labute approximate surface area is 186 Å². The molecule has 0 spiro atoms. The van der Waals surface area contributed by atoms with E-state index in [-0.39, 0.29) is 5.91 Å². The van der Waals surface area contributed by atoms with Gasteiger partial charge in [0.05, 0.1) is 44.1 Å². The number of anilines is 1. The van der Waals surface area contributed by atoms with Crippen LogP contribution in [0.2, 0.25) is 0 Å². The van der Waals surface area contributed by atoms with Crippen LogP contribution in [0.4, 0.5) is 5.69 Å². The molecule has 3 heterocycles. The van der Waals surface area contributed by atoms with Gasteiger partial charge in [0.2, 0.25) is 5.75 Å². The molecule has 0 saturated carbocycles. The van der Waals surface area contributed by atoms with E-state index >= 15 is 0 Å². The second kappa shape index (κ2) is 8.81. The molecular weight excluding hydrogens is 412 g/mol. The Hall–Kier alpha value is -3.69. The van der Waals surface area contributed by atoms with Gasteiger partial charge in [-0.3, -0.25) is 15.0 Å². The van der Waals surface area contributed by atoms with Gasteiger partial charge in [0, 0.05) is 31.7 Å². The van der Waals surface area contributed by atoms with Crippen molar-refractivity contribution in [1.82, 2.24) is 25.3 Å². The second-order valence-electron chi connectivity index (χ2n) is 7.64. The predicted molar refractivity (Wildman–Crippen MR) is 120 cm³/mol. The topological polar surface area (TPSA) is 109 Å². The van der Waals surface area contributed by atoms with E-state index in [9.17, 15) is 4.79 Å². The number of nitrogens with zero attached hydrogens (tertiary/aromatic N) is 4. The van der Waals surface area contributed by atoms with E-state index < -0.39 is 0 Å². The Morgan fingerprint density at radius 1 is 0.906 bits per heavy atom. The average molecular weight is 441 g/mol. The summed E-state index contributed by atoms with van der Waals surface area (Å²) in [5.74, 6) is 1.49. The van der Waals surface area contributed by atoms with Crippen LogP contribution in [-0.2, 0) is 0 Å². The highest BCUT2D eigenvalue weighted by Gasteiger charge is 2.26. The minimum absolute atomic E-state index is 0.0727. The molecule has 1 amide bonds. The largest absolute Gasteiger partial charge is 0.493 e. The van der Waals surface area contributed by atoms with E-state index in [1.54, 1.807) is 39.5 Å². The zero-order chi connectivity index (χ0) is 22.8. The minimum atomic E-state index is -0.0727. The van der Waals surface area contributed by atoms with Crippen LogP contribution in [0.25, 0.3) is 11.3 Å². The summed E-state index contributed by atoms with van der Waals surface area (Å²) in [6.07, 6.45) is 0. The number of hydrogen-bond donors (Lipinski definition) is 2. The summed E-state index contributed by atoms with van der Waals surface area (Å²) in [7, 11) is 4.68. The average Bonchev–Trinajstić information content (AvgIpc) is 3.44. The van der Waals surface area contributed by atoms with Crippen molar-refractivity contribution >= 4 is 11.6 Å². The van der Waals surface area contributed by atoms with Crippen molar-refractivity contribution in [3.63, 3.8) is 0 Å². The van der Waals surface area contributed by atoms with Gasteiger partial charge in [-0.25, -0.2) is 0 Å². The van der Waals surface area contributed by atoms with Gasteiger partial charge in [0.1, 0.15) is 5.69 Å². The number of aryl methyl sites for hydroxylation is 2. The van der Waals surface area contributed by atoms with Crippen LogP contribution in [0.3, 0.4) is 0 Å². The summed E-state index contributed by atoms with van der Waals surface area (Å²) in [4.78, 5) is 17.2. The minimum Gasteiger partial charge on any atom is -0.493 e. The maximum absolute atomic E-state index is 13.1. The quantitative estimate of drug-likeness (QED) is 0.606. The highest BCUT2D eigenvalue weighted by Crippen LogP contribution is 2.40. The van der Waals surface area contributed by atoms with Gasteiger partial charge < -0.3 is 24.0 Å². The van der Waals surface area contributed by atoms with E-state index in [2.05, 4.69) is 25.3 Å². The number of rotatable bonds is 6. The molecule has 3 aromatic rings. The fourth-order valence-corrected chi connectivity index (χ4v) is 4.12. The van der Waals surface area contributed by atoms with Gasteiger partial charge >= 0.3 is 0 Å². The van der Waals surface area contributed by atoms with Crippen molar-refractivity contribution in [2.45, 2.75) is 13.8 Å². The number of aromatic nitrogens is 4. The number of hydrogen-bond acceptors (Lipinski definition) is 7. The fourth-order valence-electron chi connectivity index (χ4n) is 4.12. The van der Waals surface area contributed by atoms with Crippen LogP contribution < -0.4 is 19.1 Å². The predicted octanol–water partition coefficient (Wildman–Crippen LogP) is 2.40.